The van der Waals surface area contributed by atoms with Crippen molar-refractivity contribution in [3.05, 3.63) is 17.5 Å². The molecule has 1 aromatic rings. The average molecular weight is 306 g/mol. The van der Waals surface area contributed by atoms with Gasteiger partial charge >= 0.3 is 0 Å². The smallest absolute Gasteiger partial charge is 0.259 e. The molecule has 1 aromatic heterocycles. The number of nitrogens with one attached hydrogen (secondary N) is 1. The number of amides is 3. The number of carbonyl (C=O) groups excluding carboxylic acids is 3. The maximum Gasteiger partial charge on any atom is 0.259 e. The molecule has 0 aliphatic carbocycles. The third-order valence-electron chi connectivity index (χ3n) is 4.35. The normalized spacial score (nSPS) is 21.9. The molecule has 0 radical (unpaired) electrons. The van der Waals surface area contributed by atoms with Crippen molar-refractivity contribution in [2.24, 2.45) is 5.92 Å². The third-order valence-corrected chi connectivity index (χ3v) is 4.35. The van der Waals surface area contributed by atoms with Gasteiger partial charge in [-0.15, -0.1) is 0 Å². The highest BCUT2D eigenvalue weighted by Gasteiger charge is 2.43. The molecular weight excluding hydrogens is 288 g/mol. The molecule has 1 atom stereocenters. The Kier molecular flexibility index (Phi) is 3.59. The highest BCUT2D eigenvalue weighted by Crippen LogP contribution is 2.26. The fourth-order valence-corrected chi connectivity index (χ4v) is 2.95. The molecule has 0 saturated carbocycles. The molecule has 0 bridgehead atoms. The topological polar surface area (TPSA) is 95.8 Å². The molecule has 3 rings (SSSR count). The predicted molar refractivity (Wildman–Crippen MR) is 74.8 cm³/mol. The van der Waals surface area contributed by atoms with Crippen LogP contribution in [0.25, 0.3) is 0 Å². The Labute approximate surface area is 127 Å². The van der Waals surface area contributed by atoms with E-state index in [9.17, 15) is 14.4 Å². The second-order valence-electron chi connectivity index (χ2n) is 5.74. The van der Waals surface area contributed by atoms with Crippen molar-refractivity contribution in [1.29, 1.82) is 0 Å². The van der Waals surface area contributed by atoms with E-state index in [1.807, 2.05) is 0 Å². The Hall–Kier alpha value is -2.38. The Morgan fingerprint density at radius 1 is 1.36 bits per heavy atom. The Bertz CT molecular complexity index is 620. The average Bonchev–Trinajstić information content (AvgIpc) is 3.03. The second-order valence-corrected chi connectivity index (χ2v) is 5.74. The minimum absolute atomic E-state index is 0.00808. The van der Waals surface area contributed by atoms with Gasteiger partial charge in [0.2, 0.25) is 11.8 Å². The Morgan fingerprint density at radius 3 is 2.68 bits per heavy atom. The summed E-state index contributed by atoms with van der Waals surface area (Å²) in [7, 11) is 1.57. The van der Waals surface area contributed by atoms with Gasteiger partial charge in [-0.05, 0) is 6.92 Å². The van der Waals surface area contributed by atoms with Gasteiger partial charge in [0.25, 0.3) is 5.91 Å². The number of likely N-dealkylation sites (tertiary alicyclic amines) is 2. The van der Waals surface area contributed by atoms with Crippen LogP contribution in [-0.2, 0) is 9.59 Å². The Balaban J connectivity index is 1.58. The van der Waals surface area contributed by atoms with E-state index in [1.165, 1.54) is 6.26 Å². The number of aryl methyl sites for hydroxylation is 1. The van der Waals surface area contributed by atoms with Gasteiger partial charge in [0.15, 0.2) is 0 Å². The van der Waals surface area contributed by atoms with Crippen LogP contribution in [0, 0.1) is 12.8 Å². The van der Waals surface area contributed by atoms with Crippen LogP contribution in [0.3, 0.4) is 0 Å². The lowest BCUT2D eigenvalue weighted by atomic mass is 10.1. The molecule has 0 aromatic carbocycles. The van der Waals surface area contributed by atoms with Gasteiger partial charge < -0.3 is 19.6 Å². The molecule has 1 N–H and O–H groups in total. The van der Waals surface area contributed by atoms with Crippen molar-refractivity contribution in [1.82, 2.24) is 20.3 Å². The van der Waals surface area contributed by atoms with E-state index in [1.54, 1.807) is 23.8 Å². The van der Waals surface area contributed by atoms with Crippen LogP contribution in [0.15, 0.2) is 10.8 Å². The fraction of sp³-hybridized carbons (Fsp3) is 0.571. The van der Waals surface area contributed by atoms with E-state index in [2.05, 4.69) is 10.5 Å². The lowest BCUT2D eigenvalue weighted by Crippen LogP contribution is -2.61. The predicted octanol–water partition coefficient (Wildman–Crippen LogP) is -0.598. The summed E-state index contributed by atoms with van der Waals surface area (Å²) < 4.78 is 4.78. The summed E-state index contributed by atoms with van der Waals surface area (Å²) in [6, 6.07) is -0.00808. The quantitative estimate of drug-likeness (QED) is 0.804. The Morgan fingerprint density at radius 2 is 2.09 bits per heavy atom. The maximum absolute atomic E-state index is 12.2. The number of nitrogens with zero attached hydrogens (tertiary/aromatic N) is 3. The third kappa shape index (κ3) is 2.34. The molecular formula is C14H18N4O4. The minimum Gasteiger partial charge on any atom is -0.364 e. The van der Waals surface area contributed by atoms with Crippen molar-refractivity contribution < 1.29 is 18.9 Å². The molecule has 2 aliphatic rings. The van der Waals surface area contributed by atoms with Crippen molar-refractivity contribution >= 4 is 17.7 Å². The number of hydrogen-bond acceptors (Lipinski definition) is 5. The largest absolute Gasteiger partial charge is 0.364 e. The molecule has 3 amide bonds. The first-order chi connectivity index (χ1) is 10.5. The summed E-state index contributed by atoms with van der Waals surface area (Å²) in [5.74, 6) is -0.554. The zero-order valence-electron chi connectivity index (χ0n) is 12.5. The van der Waals surface area contributed by atoms with Gasteiger partial charge in [0.05, 0.1) is 17.7 Å². The van der Waals surface area contributed by atoms with Gasteiger partial charge in [-0.2, -0.15) is 0 Å². The molecule has 2 aliphatic heterocycles. The van der Waals surface area contributed by atoms with Crippen LogP contribution in [0.5, 0.6) is 0 Å². The SMILES string of the molecule is CNC(=O)C1CC(=O)N(C2CN(C(=O)c3conc3C)C2)C1. The zero-order valence-corrected chi connectivity index (χ0v) is 12.5. The van der Waals surface area contributed by atoms with Gasteiger partial charge in [-0.3, -0.25) is 14.4 Å². The van der Waals surface area contributed by atoms with Crippen LogP contribution >= 0.6 is 0 Å². The van der Waals surface area contributed by atoms with Crippen molar-refractivity contribution in [3.8, 4) is 0 Å². The molecule has 118 valence electrons. The van der Waals surface area contributed by atoms with Crippen molar-refractivity contribution in [3.63, 3.8) is 0 Å². The monoisotopic (exact) mass is 306 g/mol. The molecule has 8 nitrogen and oxygen atoms in total. The van der Waals surface area contributed by atoms with Gasteiger partial charge in [0.1, 0.15) is 11.8 Å². The van der Waals surface area contributed by atoms with Crippen molar-refractivity contribution in [2.45, 2.75) is 19.4 Å². The summed E-state index contributed by atoms with van der Waals surface area (Å²) in [5, 5.41) is 6.27. The number of rotatable bonds is 3. The molecule has 8 heteroatoms. The van der Waals surface area contributed by atoms with E-state index >= 15 is 0 Å². The van der Waals surface area contributed by atoms with Crippen LogP contribution in [0.2, 0.25) is 0 Å². The number of aromatic nitrogens is 1. The zero-order chi connectivity index (χ0) is 15.9. The molecule has 22 heavy (non-hydrogen) atoms. The summed E-state index contributed by atoms with van der Waals surface area (Å²) >= 11 is 0. The number of hydrogen-bond donors (Lipinski definition) is 1. The summed E-state index contributed by atoms with van der Waals surface area (Å²) in [6.07, 6.45) is 1.59. The van der Waals surface area contributed by atoms with Gasteiger partial charge in [0, 0.05) is 33.1 Å². The van der Waals surface area contributed by atoms with E-state index in [0.717, 1.165) is 0 Å². The molecule has 2 saturated heterocycles. The highest BCUT2D eigenvalue weighted by atomic mass is 16.5. The summed E-state index contributed by atoms with van der Waals surface area (Å²) in [4.78, 5) is 39.2. The van der Waals surface area contributed by atoms with Gasteiger partial charge in [-0.25, -0.2) is 0 Å². The summed E-state index contributed by atoms with van der Waals surface area (Å²) in [5.41, 5.74) is 1.01. The van der Waals surface area contributed by atoms with Crippen LogP contribution in [-0.4, -0.2) is 65.4 Å². The maximum atomic E-state index is 12.2. The van der Waals surface area contributed by atoms with E-state index in [4.69, 9.17) is 4.52 Å². The highest BCUT2D eigenvalue weighted by molar-refractivity contribution is 5.95. The standard InChI is InChI=1S/C14H18N4O4/c1-8-11(7-22-16-8)14(21)17-5-10(6-17)18-4-9(3-12(18)19)13(20)15-2/h7,9-10H,3-6H2,1-2H3,(H,15,20). The minimum atomic E-state index is -0.289. The number of carbonyl (C=O) groups is 3. The first kappa shape index (κ1) is 14.6. The first-order valence-corrected chi connectivity index (χ1v) is 7.22. The van der Waals surface area contributed by atoms with E-state index in [-0.39, 0.29) is 36.1 Å². The summed E-state index contributed by atoms with van der Waals surface area (Å²) in [6.45, 7) is 3.11. The van der Waals surface area contributed by atoms with Gasteiger partial charge in [-0.1, -0.05) is 5.16 Å². The van der Waals surface area contributed by atoms with E-state index in [0.29, 0.717) is 30.9 Å². The first-order valence-electron chi connectivity index (χ1n) is 7.22. The van der Waals surface area contributed by atoms with Crippen LogP contribution in [0.4, 0.5) is 0 Å². The molecule has 0 spiro atoms. The fourth-order valence-electron chi connectivity index (χ4n) is 2.95. The lowest BCUT2D eigenvalue weighted by molar-refractivity contribution is -0.132. The lowest BCUT2D eigenvalue weighted by Gasteiger charge is -2.43. The van der Waals surface area contributed by atoms with E-state index < -0.39 is 0 Å². The molecule has 3 heterocycles. The van der Waals surface area contributed by atoms with Crippen LogP contribution < -0.4 is 5.32 Å². The molecule has 1 unspecified atom stereocenters. The van der Waals surface area contributed by atoms with Crippen molar-refractivity contribution in [2.75, 3.05) is 26.7 Å². The van der Waals surface area contributed by atoms with Crippen LogP contribution in [0.1, 0.15) is 22.5 Å². The second kappa shape index (κ2) is 5.43. The molecule has 2 fully saturated rings.